The lowest BCUT2D eigenvalue weighted by atomic mass is 10.1. The summed E-state index contributed by atoms with van der Waals surface area (Å²) in [6, 6.07) is 10.5. The molecular formula is C19H25N3O2. The molecular weight excluding hydrogens is 302 g/mol. The molecule has 0 spiro atoms. The van der Waals surface area contributed by atoms with Gasteiger partial charge in [-0.15, -0.1) is 0 Å². The van der Waals surface area contributed by atoms with E-state index in [0.29, 0.717) is 12.6 Å². The van der Waals surface area contributed by atoms with Gasteiger partial charge in [0.05, 0.1) is 6.10 Å². The fourth-order valence-electron chi connectivity index (χ4n) is 4.17. The molecule has 0 unspecified atom stereocenters. The Morgan fingerprint density at radius 2 is 1.88 bits per heavy atom. The third-order valence-corrected chi connectivity index (χ3v) is 5.57. The number of rotatable bonds is 3. The summed E-state index contributed by atoms with van der Waals surface area (Å²) < 4.78 is 2.03. The van der Waals surface area contributed by atoms with Gasteiger partial charge in [0.1, 0.15) is 6.54 Å². The highest BCUT2D eigenvalue weighted by Crippen LogP contribution is 2.25. The second kappa shape index (κ2) is 6.57. The molecule has 2 aromatic rings. The molecule has 1 aromatic heterocycles. The van der Waals surface area contributed by atoms with Crippen molar-refractivity contribution in [3.8, 4) is 0 Å². The minimum Gasteiger partial charge on any atom is -0.391 e. The molecule has 5 nitrogen and oxygen atoms in total. The maximum absolute atomic E-state index is 12.6. The van der Waals surface area contributed by atoms with E-state index in [2.05, 4.69) is 23.1 Å². The summed E-state index contributed by atoms with van der Waals surface area (Å²) in [6.07, 6.45) is 4.94. The van der Waals surface area contributed by atoms with E-state index in [0.717, 1.165) is 51.0 Å². The van der Waals surface area contributed by atoms with E-state index in [1.165, 1.54) is 5.39 Å². The van der Waals surface area contributed by atoms with E-state index in [9.17, 15) is 9.90 Å². The topological polar surface area (TPSA) is 48.7 Å². The highest BCUT2D eigenvalue weighted by atomic mass is 16.3. The van der Waals surface area contributed by atoms with Gasteiger partial charge in [-0.25, -0.2) is 0 Å². The fraction of sp³-hybridized carbons (Fsp3) is 0.526. The Kier molecular flexibility index (Phi) is 4.29. The maximum atomic E-state index is 12.6. The number of aliphatic hydroxyl groups excluding tert-OH is 1. The van der Waals surface area contributed by atoms with Crippen molar-refractivity contribution in [1.82, 2.24) is 14.4 Å². The monoisotopic (exact) mass is 327 g/mol. The molecule has 2 heterocycles. The SMILES string of the molecule is O=C(Cn1ccc2ccccc21)N1CCN([C@H]2CCC[C@H]2O)CC1. The standard InChI is InChI=1S/C19H25N3O2/c23-18-7-3-6-17(18)20-10-12-21(13-11-20)19(24)14-22-9-8-15-4-1-2-5-16(15)22/h1-2,4-5,8-9,17-18,23H,3,6-7,10-14H2/t17-,18+/m0/s1. The summed E-state index contributed by atoms with van der Waals surface area (Å²) in [5.41, 5.74) is 1.11. The number of aromatic nitrogens is 1. The molecule has 2 aliphatic rings. The molecule has 4 rings (SSSR count). The number of carbonyl (C=O) groups is 1. The minimum absolute atomic E-state index is 0.182. The van der Waals surface area contributed by atoms with Gasteiger partial charge in [-0.05, 0) is 36.8 Å². The second-order valence-electron chi connectivity index (χ2n) is 6.98. The Hall–Kier alpha value is -1.85. The number of carbonyl (C=O) groups excluding carboxylic acids is 1. The third kappa shape index (κ3) is 2.94. The molecule has 1 saturated heterocycles. The van der Waals surface area contributed by atoms with Crippen molar-refractivity contribution < 1.29 is 9.90 Å². The molecule has 1 saturated carbocycles. The van der Waals surface area contributed by atoms with Crippen LogP contribution in [-0.2, 0) is 11.3 Å². The lowest BCUT2D eigenvalue weighted by Gasteiger charge is -2.39. The number of hydrogen-bond donors (Lipinski definition) is 1. The molecule has 1 aromatic carbocycles. The molecule has 1 N–H and O–H groups in total. The quantitative estimate of drug-likeness (QED) is 0.933. The van der Waals surface area contributed by atoms with Crippen LogP contribution in [0.3, 0.4) is 0 Å². The van der Waals surface area contributed by atoms with E-state index in [4.69, 9.17) is 0 Å². The summed E-state index contributed by atoms with van der Waals surface area (Å²) >= 11 is 0. The average Bonchev–Trinajstić information content (AvgIpc) is 3.22. The van der Waals surface area contributed by atoms with E-state index in [-0.39, 0.29) is 12.0 Å². The van der Waals surface area contributed by atoms with Crippen LogP contribution in [0, 0.1) is 0 Å². The zero-order valence-electron chi connectivity index (χ0n) is 14.0. The summed E-state index contributed by atoms with van der Waals surface area (Å²) in [6.45, 7) is 3.68. The Morgan fingerprint density at radius 3 is 2.62 bits per heavy atom. The van der Waals surface area contributed by atoms with Crippen molar-refractivity contribution in [2.24, 2.45) is 0 Å². The molecule has 1 aliphatic carbocycles. The van der Waals surface area contributed by atoms with Gasteiger partial charge in [0.15, 0.2) is 0 Å². The number of piperazine rings is 1. The van der Waals surface area contributed by atoms with Crippen LogP contribution in [0.2, 0.25) is 0 Å². The first-order valence-corrected chi connectivity index (χ1v) is 8.96. The van der Waals surface area contributed by atoms with Crippen molar-refractivity contribution in [1.29, 1.82) is 0 Å². The van der Waals surface area contributed by atoms with Gasteiger partial charge < -0.3 is 14.6 Å². The number of fused-ring (bicyclic) bond motifs is 1. The van der Waals surface area contributed by atoms with E-state index in [1.807, 2.05) is 27.8 Å². The van der Waals surface area contributed by atoms with Gasteiger partial charge in [0.25, 0.3) is 0 Å². The number of hydrogen-bond acceptors (Lipinski definition) is 3. The Morgan fingerprint density at radius 1 is 1.08 bits per heavy atom. The molecule has 1 amide bonds. The van der Waals surface area contributed by atoms with Crippen LogP contribution in [-0.4, -0.2) is 63.7 Å². The Labute approximate surface area is 142 Å². The highest BCUT2D eigenvalue weighted by Gasteiger charge is 2.33. The summed E-state index contributed by atoms with van der Waals surface area (Å²) in [5, 5.41) is 11.2. The predicted octanol–water partition coefficient (Wildman–Crippen LogP) is 1.70. The van der Waals surface area contributed by atoms with Gasteiger partial charge >= 0.3 is 0 Å². The average molecular weight is 327 g/mol. The van der Waals surface area contributed by atoms with Crippen molar-refractivity contribution in [3.63, 3.8) is 0 Å². The number of nitrogens with zero attached hydrogens (tertiary/aromatic N) is 3. The van der Waals surface area contributed by atoms with Crippen LogP contribution in [0.25, 0.3) is 10.9 Å². The predicted molar refractivity (Wildman–Crippen MR) is 93.7 cm³/mol. The number of benzene rings is 1. The Balaban J connectivity index is 1.36. The molecule has 2 fully saturated rings. The molecule has 0 bridgehead atoms. The second-order valence-corrected chi connectivity index (χ2v) is 6.98. The van der Waals surface area contributed by atoms with Crippen molar-refractivity contribution in [2.75, 3.05) is 26.2 Å². The van der Waals surface area contributed by atoms with Crippen LogP contribution in [0.1, 0.15) is 19.3 Å². The minimum atomic E-state index is -0.182. The fourth-order valence-corrected chi connectivity index (χ4v) is 4.17. The maximum Gasteiger partial charge on any atom is 0.242 e. The van der Waals surface area contributed by atoms with Crippen molar-refractivity contribution in [3.05, 3.63) is 36.5 Å². The van der Waals surface area contributed by atoms with Crippen LogP contribution in [0.5, 0.6) is 0 Å². The van der Waals surface area contributed by atoms with Crippen LogP contribution in [0.4, 0.5) is 0 Å². The van der Waals surface area contributed by atoms with Crippen molar-refractivity contribution >= 4 is 16.8 Å². The zero-order valence-corrected chi connectivity index (χ0v) is 14.0. The number of amides is 1. The zero-order chi connectivity index (χ0) is 16.5. The van der Waals surface area contributed by atoms with Gasteiger partial charge in [-0.1, -0.05) is 18.2 Å². The molecule has 0 radical (unpaired) electrons. The summed E-state index contributed by atoms with van der Waals surface area (Å²) in [4.78, 5) is 17.0. The van der Waals surface area contributed by atoms with Crippen molar-refractivity contribution in [2.45, 2.75) is 38.0 Å². The molecule has 24 heavy (non-hydrogen) atoms. The summed E-state index contributed by atoms with van der Waals surface area (Å²) in [7, 11) is 0. The van der Waals surface area contributed by atoms with Crippen LogP contribution in [0.15, 0.2) is 36.5 Å². The largest absolute Gasteiger partial charge is 0.391 e. The molecule has 1 aliphatic heterocycles. The first kappa shape index (κ1) is 15.7. The summed E-state index contributed by atoms with van der Waals surface area (Å²) in [5.74, 6) is 0.183. The van der Waals surface area contributed by atoms with E-state index < -0.39 is 0 Å². The Bertz CT molecular complexity index is 718. The smallest absolute Gasteiger partial charge is 0.242 e. The molecule has 128 valence electrons. The number of aliphatic hydroxyl groups is 1. The van der Waals surface area contributed by atoms with Gasteiger partial charge in [0, 0.05) is 43.9 Å². The van der Waals surface area contributed by atoms with Gasteiger partial charge in [0.2, 0.25) is 5.91 Å². The molecule has 5 heteroatoms. The van der Waals surface area contributed by atoms with Crippen LogP contribution < -0.4 is 0 Å². The first-order valence-electron chi connectivity index (χ1n) is 8.96. The van der Waals surface area contributed by atoms with Gasteiger partial charge in [-0.2, -0.15) is 0 Å². The van der Waals surface area contributed by atoms with Crippen LogP contribution >= 0.6 is 0 Å². The number of para-hydroxylation sites is 1. The molecule has 2 atom stereocenters. The third-order valence-electron chi connectivity index (χ3n) is 5.57. The lowest BCUT2D eigenvalue weighted by Crippen LogP contribution is -2.54. The van der Waals surface area contributed by atoms with E-state index in [1.54, 1.807) is 0 Å². The first-order chi connectivity index (χ1) is 11.7. The lowest BCUT2D eigenvalue weighted by molar-refractivity contribution is -0.134. The van der Waals surface area contributed by atoms with Gasteiger partial charge in [-0.3, -0.25) is 9.69 Å². The van der Waals surface area contributed by atoms with E-state index >= 15 is 0 Å². The highest BCUT2D eigenvalue weighted by molar-refractivity contribution is 5.83. The normalized spacial score (nSPS) is 25.5.